The standard InChI is InChI=1S/C8H16N2O5.C2HF3O2/c1-13-7(11)5(9)3-15-4-6(10)8(12)14-2;3-2(4,5)1(6)7/h5-6H,3-4,9-10H2,1-2H3;(H,6,7)/t5-,6-;/m1./s1. The Kier molecular flexibility index (Phi) is 10.9. The molecule has 0 aromatic carbocycles. The van der Waals surface area contributed by atoms with Gasteiger partial charge in [-0.3, -0.25) is 9.59 Å². The Hall–Kier alpha value is -1.92. The molecule has 0 aliphatic rings. The lowest BCUT2D eigenvalue weighted by atomic mass is 10.3. The minimum Gasteiger partial charge on any atom is -0.475 e. The number of carboxylic acids is 1. The van der Waals surface area contributed by atoms with Crippen molar-refractivity contribution in [2.75, 3.05) is 27.4 Å². The van der Waals surface area contributed by atoms with Crippen molar-refractivity contribution in [3.05, 3.63) is 0 Å². The van der Waals surface area contributed by atoms with Crippen molar-refractivity contribution >= 4 is 17.9 Å². The Bertz CT molecular complexity index is 354. The van der Waals surface area contributed by atoms with E-state index in [-0.39, 0.29) is 13.2 Å². The highest BCUT2D eigenvalue weighted by molar-refractivity contribution is 5.76. The maximum atomic E-state index is 10.8. The zero-order valence-electron chi connectivity index (χ0n) is 11.8. The van der Waals surface area contributed by atoms with Crippen LogP contribution in [0.25, 0.3) is 0 Å². The van der Waals surface area contributed by atoms with Gasteiger partial charge in [0.1, 0.15) is 12.1 Å². The van der Waals surface area contributed by atoms with Gasteiger partial charge in [0.15, 0.2) is 0 Å². The summed E-state index contributed by atoms with van der Waals surface area (Å²) in [4.78, 5) is 30.6. The van der Waals surface area contributed by atoms with Crippen molar-refractivity contribution in [1.29, 1.82) is 0 Å². The van der Waals surface area contributed by atoms with Crippen LogP contribution in [0.15, 0.2) is 0 Å². The van der Waals surface area contributed by atoms with Crippen LogP contribution in [0.3, 0.4) is 0 Å². The largest absolute Gasteiger partial charge is 0.490 e. The van der Waals surface area contributed by atoms with E-state index in [9.17, 15) is 22.8 Å². The summed E-state index contributed by atoms with van der Waals surface area (Å²) in [6, 6.07) is -1.75. The number of ether oxygens (including phenoxy) is 3. The Labute approximate surface area is 123 Å². The number of hydrogen-bond acceptors (Lipinski definition) is 8. The van der Waals surface area contributed by atoms with Crippen LogP contribution < -0.4 is 11.5 Å². The number of carboxylic acid groups (broad SMARTS) is 1. The first-order valence-corrected chi connectivity index (χ1v) is 5.52. The Morgan fingerprint density at radius 1 is 1.00 bits per heavy atom. The molecule has 9 nitrogen and oxygen atoms in total. The highest BCUT2D eigenvalue weighted by atomic mass is 19.4. The lowest BCUT2D eigenvalue weighted by molar-refractivity contribution is -0.192. The molecule has 0 aromatic heterocycles. The molecular weight excluding hydrogens is 317 g/mol. The number of methoxy groups -OCH3 is 2. The molecular formula is C10H17F3N2O7. The van der Waals surface area contributed by atoms with Crippen molar-refractivity contribution in [2.24, 2.45) is 11.5 Å². The van der Waals surface area contributed by atoms with Crippen molar-refractivity contribution in [2.45, 2.75) is 18.3 Å². The van der Waals surface area contributed by atoms with Gasteiger partial charge in [0, 0.05) is 0 Å². The fourth-order valence-corrected chi connectivity index (χ4v) is 0.761. The van der Waals surface area contributed by atoms with Gasteiger partial charge in [-0.2, -0.15) is 13.2 Å². The summed E-state index contributed by atoms with van der Waals surface area (Å²) >= 11 is 0. The summed E-state index contributed by atoms with van der Waals surface area (Å²) in [5.41, 5.74) is 10.7. The molecule has 0 saturated carbocycles. The second-order valence-electron chi connectivity index (χ2n) is 3.60. The van der Waals surface area contributed by atoms with Crippen LogP contribution in [0.4, 0.5) is 13.2 Å². The molecule has 5 N–H and O–H groups in total. The first-order valence-electron chi connectivity index (χ1n) is 5.52. The SMILES string of the molecule is COC(=O)[C@H](N)COC[C@@H](N)C(=O)OC.O=C(O)C(F)(F)F. The molecule has 0 rings (SSSR count). The van der Waals surface area contributed by atoms with Crippen LogP contribution in [0.2, 0.25) is 0 Å². The smallest absolute Gasteiger partial charge is 0.475 e. The average molecular weight is 334 g/mol. The number of carbonyl (C=O) groups excluding carboxylic acids is 2. The van der Waals surface area contributed by atoms with Crippen molar-refractivity contribution in [3.63, 3.8) is 0 Å². The van der Waals surface area contributed by atoms with Gasteiger partial charge in [-0.25, -0.2) is 4.79 Å². The van der Waals surface area contributed by atoms with E-state index in [1.807, 2.05) is 0 Å². The first-order chi connectivity index (χ1) is 9.97. The molecule has 130 valence electrons. The molecule has 0 unspecified atom stereocenters. The lowest BCUT2D eigenvalue weighted by Gasteiger charge is -2.12. The van der Waals surface area contributed by atoms with Crippen LogP contribution in [0.5, 0.6) is 0 Å². The van der Waals surface area contributed by atoms with Crippen LogP contribution in [-0.2, 0) is 28.6 Å². The minimum atomic E-state index is -5.08. The number of rotatable bonds is 6. The Morgan fingerprint density at radius 3 is 1.45 bits per heavy atom. The molecule has 0 spiro atoms. The van der Waals surface area contributed by atoms with Crippen molar-refractivity contribution in [1.82, 2.24) is 0 Å². The van der Waals surface area contributed by atoms with E-state index in [0.717, 1.165) is 0 Å². The molecule has 12 heteroatoms. The summed E-state index contributed by atoms with van der Waals surface area (Å²) in [7, 11) is 2.45. The van der Waals surface area contributed by atoms with Crippen LogP contribution in [0, 0.1) is 0 Å². The van der Waals surface area contributed by atoms with Crippen LogP contribution in [-0.4, -0.2) is 68.7 Å². The van der Waals surface area contributed by atoms with E-state index in [0.29, 0.717) is 0 Å². The third-order valence-electron chi connectivity index (χ3n) is 1.85. The van der Waals surface area contributed by atoms with E-state index in [2.05, 4.69) is 9.47 Å². The summed E-state index contributed by atoms with van der Waals surface area (Å²) in [5, 5.41) is 7.12. The molecule has 2 atom stereocenters. The van der Waals surface area contributed by atoms with Gasteiger partial charge in [-0.05, 0) is 0 Å². The highest BCUT2D eigenvalue weighted by Gasteiger charge is 2.38. The fraction of sp³-hybridized carbons (Fsp3) is 0.700. The van der Waals surface area contributed by atoms with Gasteiger partial charge in [0.05, 0.1) is 27.4 Å². The van der Waals surface area contributed by atoms with Gasteiger partial charge in [-0.1, -0.05) is 0 Å². The Morgan fingerprint density at radius 2 is 1.27 bits per heavy atom. The van der Waals surface area contributed by atoms with Gasteiger partial charge in [0.2, 0.25) is 0 Å². The molecule has 0 amide bonds. The van der Waals surface area contributed by atoms with Gasteiger partial charge in [0.25, 0.3) is 0 Å². The topological polar surface area (TPSA) is 151 Å². The number of aliphatic carboxylic acids is 1. The maximum Gasteiger partial charge on any atom is 0.490 e. The van der Waals surface area contributed by atoms with E-state index in [4.69, 9.17) is 26.1 Å². The molecule has 0 heterocycles. The second-order valence-corrected chi connectivity index (χ2v) is 3.60. The molecule has 0 aliphatic carbocycles. The zero-order chi connectivity index (χ0) is 17.9. The van der Waals surface area contributed by atoms with E-state index in [1.165, 1.54) is 14.2 Å². The van der Waals surface area contributed by atoms with E-state index < -0.39 is 36.2 Å². The van der Waals surface area contributed by atoms with Crippen molar-refractivity contribution in [3.8, 4) is 0 Å². The highest BCUT2D eigenvalue weighted by Crippen LogP contribution is 2.13. The second kappa shape index (κ2) is 10.8. The monoisotopic (exact) mass is 334 g/mol. The number of halogens is 3. The number of hydrogen-bond donors (Lipinski definition) is 3. The molecule has 22 heavy (non-hydrogen) atoms. The summed E-state index contributed by atoms with van der Waals surface area (Å²) in [5.74, 6) is -3.92. The average Bonchev–Trinajstić information content (AvgIpc) is 2.44. The molecule has 0 aromatic rings. The zero-order valence-corrected chi connectivity index (χ0v) is 11.8. The fourth-order valence-electron chi connectivity index (χ4n) is 0.761. The van der Waals surface area contributed by atoms with Gasteiger partial charge < -0.3 is 30.8 Å². The van der Waals surface area contributed by atoms with Crippen LogP contribution >= 0.6 is 0 Å². The Balaban J connectivity index is 0. The number of alkyl halides is 3. The van der Waals surface area contributed by atoms with Gasteiger partial charge >= 0.3 is 24.1 Å². The molecule has 0 radical (unpaired) electrons. The third-order valence-corrected chi connectivity index (χ3v) is 1.85. The predicted molar refractivity (Wildman–Crippen MR) is 64.5 cm³/mol. The van der Waals surface area contributed by atoms with Crippen molar-refractivity contribution < 1.29 is 46.9 Å². The van der Waals surface area contributed by atoms with E-state index >= 15 is 0 Å². The molecule has 0 bridgehead atoms. The molecule has 0 aliphatic heterocycles. The summed E-state index contributed by atoms with van der Waals surface area (Å²) in [6.45, 7) is -0.116. The third kappa shape index (κ3) is 10.8. The minimum absolute atomic E-state index is 0.0582. The number of carbonyl (C=O) groups is 3. The number of nitrogens with two attached hydrogens (primary N) is 2. The lowest BCUT2D eigenvalue weighted by Crippen LogP contribution is -2.40. The molecule has 0 saturated heterocycles. The predicted octanol–water partition coefficient (Wildman–Crippen LogP) is -1.36. The summed E-state index contributed by atoms with van der Waals surface area (Å²) in [6.07, 6.45) is -5.08. The van der Waals surface area contributed by atoms with E-state index in [1.54, 1.807) is 0 Å². The first kappa shape index (κ1) is 22.4. The normalized spacial score (nSPS) is 13.2. The summed E-state index contributed by atoms with van der Waals surface area (Å²) < 4.78 is 45.4. The maximum absolute atomic E-state index is 10.8. The number of esters is 2. The van der Waals surface area contributed by atoms with Gasteiger partial charge in [-0.15, -0.1) is 0 Å². The van der Waals surface area contributed by atoms with Crippen LogP contribution in [0.1, 0.15) is 0 Å². The molecule has 0 fully saturated rings. The quantitative estimate of drug-likeness (QED) is 0.500.